The van der Waals surface area contributed by atoms with E-state index in [1.807, 2.05) is 21.9 Å². The maximum absolute atomic E-state index is 12.4. The molecule has 0 N–H and O–H groups in total. The predicted octanol–water partition coefficient (Wildman–Crippen LogP) is 1.56. The molecule has 0 aromatic carbocycles. The molecule has 3 heterocycles. The van der Waals surface area contributed by atoms with E-state index in [9.17, 15) is 9.59 Å². The molecule has 0 bridgehead atoms. The summed E-state index contributed by atoms with van der Waals surface area (Å²) in [5, 5.41) is 0. The first kappa shape index (κ1) is 14.0. The Labute approximate surface area is 124 Å². The van der Waals surface area contributed by atoms with Gasteiger partial charge in [0.05, 0.1) is 0 Å². The third-order valence-corrected chi connectivity index (χ3v) is 4.88. The predicted molar refractivity (Wildman–Crippen MR) is 78.7 cm³/mol. The second kappa shape index (κ2) is 5.47. The third kappa shape index (κ3) is 2.77. The van der Waals surface area contributed by atoms with E-state index in [1.54, 1.807) is 19.2 Å². The molecule has 2 aliphatic rings. The summed E-state index contributed by atoms with van der Waals surface area (Å²) in [6.07, 6.45) is 4.68. The Hall–Kier alpha value is -1.91. The lowest BCUT2D eigenvalue weighted by Gasteiger charge is -2.39. The summed E-state index contributed by atoms with van der Waals surface area (Å²) in [7, 11) is 0. The van der Waals surface area contributed by atoms with Crippen molar-refractivity contribution in [2.75, 3.05) is 26.2 Å². The number of hydrogen-bond donors (Lipinski definition) is 0. The van der Waals surface area contributed by atoms with Crippen LogP contribution in [0, 0.1) is 5.41 Å². The van der Waals surface area contributed by atoms with Gasteiger partial charge in [-0.2, -0.15) is 0 Å². The lowest BCUT2D eigenvalue weighted by molar-refractivity contribution is -0.128. The highest BCUT2D eigenvalue weighted by Gasteiger charge is 2.42. The first-order valence-corrected chi connectivity index (χ1v) is 7.56. The van der Waals surface area contributed by atoms with Crippen LogP contribution in [0.25, 0.3) is 0 Å². The molecule has 2 saturated heterocycles. The summed E-state index contributed by atoms with van der Waals surface area (Å²) in [6, 6.07) is 5.42. The number of piperidine rings is 1. The van der Waals surface area contributed by atoms with Crippen LogP contribution in [0.4, 0.5) is 0 Å². The summed E-state index contributed by atoms with van der Waals surface area (Å²) in [5.41, 5.74) is 0.747. The second-order valence-corrected chi connectivity index (χ2v) is 6.20. The minimum absolute atomic E-state index is 0.0203. The van der Waals surface area contributed by atoms with E-state index in [0.717, 1.165) is 45.4 Å². The quantitative estimate of drug-likeness (QED) is 0.787. The third-order valence-electron chi connectivity index (χ3n) is 4.88. The zero-order chi connectivity index (χ0) is 14.9. The number of likely N-dealkylation sites (tertiary alicyclic amines) is 2. The lowest BCUT2D eigenvalue weighted by atomic mass is 9.77. The maximum Gasteiger partial charge on any atom is 0.272 e. The minimum atomic E-state index is 0.0203. The minimum Gasteiger partial charge on any atom is -0.342 e. The van der Waals surface area contributed by atoms with Crippen LogP contribution in [0.15, 0.2) is 24.4 Å². The number of pyridine rings is 1. The first-order chi connectivity index (χ1) is 10.1. The van der Waals surface area contributed by atoms with Crippen molar-refractivity contribution in [3.63, 3.8) is 0 Å². The van der Waals surface area contributed by atoms with Gasteiger partial charge in [0.15, 0.2) is 0 Å². The van der Waals surface area contributed by atoms with E-state index in [-0.39, 0.29) is 17.2 Å². The van der Waals surface area contributed by atoms with Gasteiger partial charge in [-0.1, -0.05) is 6.07 Å². The number of amides is 2. The van der Waals surface area contributed by atoms with Crippen LogP contribution in [0.1, 0.15) is 36.7 Å². The fraction of sp³-hybridized carbons (Fsp3) is 0.562. The molecule has 0 aliphatic carbocycles. The number of aromatic nitrogens is 1. The molecule has 0 atom stereocenters. The van der Waals surface area contributed by atoms with E-state index < -0.39 is 0 Å². The van der Waals surface area contributed by atoms with Crippen LogP contribution in [-0.4, -0.2) is 52.8 Å². The van der Waals surface area contributed by atoms with E-state index in [2.05, 4.69) is 4.98 Å². The Balaban J connectivity index is 1.61. The highest BCUT2D eigenvalue weighted by molar-refractivity contribution is 5.92. The number of nitrogens with zero attached hydrogens (tertiary/aromatic N) is 3. The Kier molecular flexibility index (Phi) is 3.66. The molecule has 21 heavy (non-hydrogen) atoms. The molecule has 5 heteroatoms. The van der Waals surface area contributed by atoms with Crippen molar-refractivity contribution in [3.8, 4) is 0 Å². The summed E-state index contributed by atoms with van der Waals surface area (Å²) in [5.74, 6) is 0.186. The van der Waals surface area contributed by atoms with E-state index >= 15 is 0 Å². The van der Waals surface area contributed by atoms with Crippen molar-refractivity contribution in [1.82, 2.24) is 14.8 Å². The summed E-state index contributed by atoms with van der Waals surface area (Å²) in [4.78, 5) is 31.8. The molecule has 2 aliphatic heterocycles. The lowest BCUT2D eigenvalue weighted by Crippen LogP contribution is -2.44. The van der Waals surface area contributed by atoms with Gasteiger partial charge < -0.3 is 9.80 Å². The standard InChI is InChI=1S/C16H21N3O2/c1-13(20)19-11-7-16(12-19)5-9-18(10-6-16)15(21)14-4-2-3-8-17-14/h2-4,8H,5-7,9-12H2,1H3. The Bertz CT molecular complexity index is 536. The van der Waals surface area contributed by atoms with Gasteiger partial charge in [-0.05, 0) is 36.8 Å². The Morgan fingerprint density at radius 3 is 2.29 bits per heavy atom. The van der Waals surface area contributed by atoms with Crippen LogP contribution in [0.2, 0.25) is 0 Å². The van der Waals surface area contributed by atoms with Crippen LogP contribution in [0.3, 0.4) is 0 Å². The van der Waals surface area contributed by atoms with E-state index in [4.69, 9.17) is 0 Å². The zero-order valence-electron chi connectivity index (χ0n) is 12.4. The molecule has 5 nitrogen and oxygen atoms in total. The first-order valence-electron chi connectivity index (χ1n) is 7.56. The monoisotopic (exact) mass is 287 g/mol. The summed E-state index contributed by atoms with van der Waals surface area (Å²) < 4.78 is 0. The highest BCUT2D eigenvalue weighted by atomic mass is 16.2. The number of carbonyl (C=O) groups excluding carboxylic acids is 2. The van der Waals surface area contributed by atoms with Crippen molar-refractivity contribution in [1.29, 1.82) is 0 Å². The van der Waals surface area contributed by atoms with Crippen LogP contribution in [0.5, 0.6) is 0 Å². The summed E-state index contributed by atoms with van der Waals surface area (Å²) >= 11 is 0. The van der Waals surface area contributed by atoms with E-state index in [1.165, 1.54) is 0 Å². The smallest absolute Gasteiger partial charge is 0.272 e. The number of rotatable bonds is 1. The molecule has 1 spiro atoms. The Morgan fingerprint density at radius 2 is 1.76 bits per heavy atom. The molecule has 1 aromatic heterocycles. The van der Waals surface area contributed by atoms with Gasteiger partial charge >= 0.3 is 0 Å². The molecule has 3 rings (SSSR count). The molecule has 0 saturated carbocycles. The molecular weight excluding hydrogens is 266 g/mol. The molecule has 0 radical (unpaired) electrons. The van der Waals surface area contributed by atoms with Crippen LogP contribution < -0.4 is 0 Å². The average Bonchev–Trinajstić information content (AvgIpc) is 2.92. The molecule has 2 amide bonds. The fourth-order valence-electron chi connectivity index (χ4n) is 3.45. The van der Waals surface area contributed by atoms with Gasteiger partial charge in [0.1, 0.15) is 5.69 Å². The number of hydrogen-bond acceptors (Lipinski definition) is 3. The van der Waals surface area contributed by atoms with Crippen molar-refractivity contribution >= 4 is 11.8 Å². The SMILES string of the molecule is CC(=O)N1CCC2(CCN(C(=O)c3ccccn3)CC2)C1. The van der Waals surface area contributed by atoms with Crippen LogP contribution in [-0.2, 0) is 4.79 Å². The van der Waals surface area contributed by atoms with Gasteiger partial charge in [0, 0.05) is 39.3 Å². The summed E-state index contributed by atoms with van der Waals surface area (Å²) in [6.45, 7) is 4.89. The molecular formula is C16H21N3O2. The normalized spacial score (nSPS) is 20.8. The van der Waals surface area contributed by atoms with Gasteiger partial charge in [-0.15, -0.1) is 0 Å². The Morgan fingerprint density at radius 1 is 1.10 bits per heavy atom. The topological polar surface area (TPSA) is 53.5 Å². The zero-order valence-corrected chi connectivity index (χ0v) is 12.4. The van der Waals surface area contributed by atoms with Gasteiger partial charge in [-0.25, -0.2) is 0 Å². The highest BCUT2D eigenvalue weighted by Crippen LogP contribution is 2.40. The van der Waals surface area contributed by atoms with Crippen molar-refractivity contribution in [2.24, 2.45) is 5.41 Å². The van der Waals surface area contributed by atoms with Crippen molar-refractivity contribution in [3.05, 3.63) is 30.1 Å². The van der Waals surface area contributed by atoms with Crippen molar-refractivity contribution in [2.45, 2.75) is 26.2 Å². The molecule has 2 fully saturated rings. The van der Waals surface area contributed by atoms with Crippen molar-refractivity contribution < 1.29 is 9.59 Å². The maximum atomic E-state index is 12.4. The fourth-order valence-corrected chi connectivity index (χ4v) is 3.45. The van der Waals surface area contributed by atoms with Crippen LogP contribution >= 0.6 is 0 Å². The van der Waals surface area contributed by atoms with Gasteiger partial charge in [-0.3, -0.25) is 14.6 Å². The van der Waals surface area contributed by atoms with Gasteiger partial charge in [0.25, 0.3) is 5.91 Å². The number of carbonyl (C=O) groups is 2. The molecule has 112 valence electrons. The molecule has 0 unspecified atom stereocenters. The average molecular weight is 287 g/mol. The van der Waals surface area contributed by atoms with Gasteiger partial charge in [0.2, 0.25) is 5.91 Å². The molecule has 1 aromatic rings. The van der Waals surface area contributed by atoms with E-state index in [0.29, 0.717) is 5.69 Å². The second-order valence-electron chi connectivity index (χ2n) is 6.20. The largest absolute Gasteiger partial charge is 0.342 e.